The van der Waals surface area contributed by atoms with Gasteiger partial charge in [0.05, 0.1) is 16.7 Å². The highest BCUT2D eigenvalue weighted by Crippen LogP contribution is 2.27. The summed E-state index contributed by atoms with van der Waals surface area (Å²) >= 11 is 3.50. The summed E-state index contributed by atoms with van der Waals surface area (Å²) in [5.41, 5.74) is 3.27. The molecule has 1 N–H and O–H groups in total. The molecular formula is C13H20BrNO2S. The number of hydrogen-bond donors (Lipinski definition) is 1. The van der Waals surface area contributed by atoms with E-state index in [0.717, 1.165) is 15.7 Å². The van der Waals surface area contributed by atoms with Crippen LogP contribution in [0.15, 0.2) is 16.6 Å². The molecular weight excluding hydrogens is 314 g/mol. The molecule has 0 amide bonds. The number of nitrogens with one attached hydrogen (secondary N) is 1. The Kier molecular flexibility index (Phi) is 5.22. The Morgan fingerprint density at radius 2 is 1.89 bits per heavy atom. The summed E-state index contributed by atoms with van der Waals surface area (Å²) in [6, 6.07) is 4.09. The number of halogens is 1. The van der Waals surface area contributed by atoms with Crippen molar-refractivity contribution < 1.29 is 8.42 Å². The van der Waals surface area contributed by atoms with E-state index in [9.17, 15) is 8.42 Å². The zero-order valence-electron chi connectivity index (χ0n) is 11.2. The van der Waals surface area contributed by atoms with Crippen LogP contribution in [0.3, 0.4) is 0 Å². The summed E-state index contributed by atoms with van der Waals surface area (Å²) in [7, 11) is -2.98. The van der Waals surface area contributed by atoms with Crippen molar-refractivity contribution in [3.63, 3.8) is 0 Å². The second-order valence-electron chi connectivity index (χ2n) is 4.78. The third kappa shape index (κ3) is 3.99. The molecule has 18 heavy (non-hydrogen) atoms. The molecule has 0 aliphatic heterocycles. The summed E-state index contributed by atoms with van der Waals surface area (Å²) < 4.78 is 24.4. The largest absolute Gasteiger partial charge is 0.383 e. The molecule has 0 aliphatic carbocycles. The average molecular weight is 334 g/mol. The van der Waals surface area contributed by atoms with Crippen LogP contribution in [0.5, 0.6) is 0 Å². The summed E-state index contributed by atoms with van der Waals surface area (Å²) in [4.78, 5) is 0. The van der Waals surface area contributed by atoms with E-state index in [4.69, 9.17) is 0 Å². The van der Waals surface area contributed by atoms with Crippen molar-refractivity contribution in [3.05, 3.63) is 27.7 Å². The predicted molar refractivity (Wildman–Crippen MR) is 81.0 cm³/mol. The zero-order valence-corrected chi connectivity index (χ0v) is 13.7. The fourth-order valence-corrected chi connectivity index (χ4v) is 3.37. The number of hydrogen-bond acceptors (Lipinski definition) is 3. The number of anilines is 1. The van der Waals surface area contributed by atoms with E-state index >= 15 is 0 Å². The van der Waals surface area contributed by atoms with Crippen LogP contribution < -0.4 is 5.32 Å². The van der Waals surface area contributed by atoms with Gasteiger partial charge in [-0.3, -0.25) is 0 Å². The summed E-state index contributed by atoms with van der Waals surface area (Å²) in [5.74, 6) is 0.157. The Bertz CT molecular complexity index is 501. The summed E-state index contributed by atoms with van der Waals surface area (Å²) in [6.45, 7) is 7.90. The first-order valence-electron chi connectivity index (χ1n) is 5.96. The smallest absolute Gasteiger partial charge is 0.154 e. The molecule has 0 fully saturated rings. The standard InChI is InChI=1S/C13H20BrNO2S/c1-9(2)18(16,17)6-5-15-13-11(4)7-10(3)8-12(13)14/h7-9,15H,5-6H2,1-4H3. The number of sulfone groups is 1. The quantitative estimate of drug-likeness (QED) is 0.899. The van der Waals surface area contributed by atoms with Crippen molar-refractivity contribution >= 4 is 31.5 Å². The van der Waals surface area contributed by atoms with Gasteiger partial charge in [-0.1, -0.05) is 6.07 Å². The first-order chi connectivity index (χ1) is 8.24. The van der Waals surface area contributed by atoms with E-state index in [1.807, 2.05) is 19.9 Å². The van der Waals surface area contributed by atoms with Crippen molar-refractivity contribution in [3.8, 4) is 0 Å². The van der Waals surface area contributed by atoms with Crippen molar-refractivity contribution in [2.24, 2.45) is 0 Å². The minimum absolute atomic E-state index is 0.157. The van der Waals surface area contributed by atoms with E-state index < -0.39 is 9.84 Å². The molecule has 3 nitrogen and oxygen atoms in total. The van der Waals surface area contributed by atoms with E-state index in [2.05, 4.69) is 27.3 Å². The van der Waals surface area contributed by atoms with Crippen LogP contribution in [0.1, 0.15) is 25.0 Å². The Balaban J connectivity index is 2.71. The molecule has 0 bridgehead atoms. The van der Waals surface area contributed by atoms with Crippen molar-refractivity contribution in [2.75, 3.05) is 17.6 Å². The molecule has 0 saturated heterocycles. The molecule has 1 rings (SSSR count). The van der Waals surface area contributed by atoms with Gasteiger partial charge in [0.2, 0.25) is 0 Å². The maximum atomic E-state index is 11.7. The SMILES string of the molecule is Cc1cc(C)c(NCCS(=O)(=O)C(C)C)c(Br)c1. The lowest BCUT2D eigenvalue weighted by molar-refractivity contribution is 0.588. The maximum Gasteiger partial charge on any atom is 0.154 e. The van der Waals surface area contributed by atoms with Crippen molar-refractivity contribution in [1.29, 1.82) is 0 Å². The van der Waals surface area contributed by atoms with Gasteiger partial charge in [0.25, 0.3) is 0 Å². The fraction of sp³-hybridized carbons (Fsp3) is 0.538. The molecule has 102 valence electrons. The Hall–Kier alpha value is -0.550. The summed E-state index contributed by atoms with van der Waals surface area (Å²) in [6.07, 6.45) is 0. The van der Waals surface area contributed by atoms with Gasteiger partial charge in [-0.15, -0.1) is 0 Å². The molecule has 0 aliphatic rings. The van der Waals surface area contributed by atoms with Gasteiger partial charge in [-0.25, -0.2) is 8.42 Å². The third-order valence-corrected chi connectivity index (χ3v) is 5.67. The zero-order chi connectivity index (χ0) is 13.9. The highest BCUT2D eigenvalue weighted by molar-refractivity contribution is 9.10. The predicted octanol–water partition coefficient (Wildman–Crippen LogP) is 3.30. The Morgan fingerprint density at radius 1 is 1.28 bits per heavy atom. The first-order valence-corrected chi connectivity index (χ1v) is 8.47. The monoisotopic (exact) mass is 333 g/mol. The van der Waals surface area contributed by atoms with Gasteiger partial charge in [-0.05, 0) is 60.8 Å². The van der Waals surface area contributed by atoms with E-state index in [1.54, 1.807) is 13.8 Å². The number of aryl methyl sites for hydroxylation is 2. The molecule has 0 radical (unpaired) electrons. The highest BCUT2D eigenvalue weighted by atomic mass is 79.9. The molecule has 1 aromatic carbocycles. The second-order valence-corrected chi connectivity index (χ2v) is 8.31. The third-order valence-electron chi connectivity index (χ3n) is 2.84. The van der Waals surface area contributed by atoms with E-state index in [0.29, 0.717) is 6.54 Å². The van der Waals surface area contributed by atoms with Gasteiger partial charge in [0.1, 0.15) is 0 Å². The molecule has 0 unspecified atom stereocenters. The number of benzene rings is 1. The van der Waals surface area contributed by atoms with Crippen molar-refractivity contribution in [1.82, 2.24) is 0 Å². The van der Waals surface area contributed by atoms with Gasteiger partial charge in [-0.2, -0.15) is 0 Å². The maximum absolute atomic E-state index is 11.7. The van der Waals surface area contributed by atoms with Crippen LogP contribution >= 0.6 is 15.9 Å². The molecule has 5 heteroatoms. The van der Waals surface area contributed by atoms with Gasteiger partial charge in [0.15, 0.2) is 9.84 Å². The topological polar surface area (TPSA) is 46.2 Å². The normalized spacial score (nSPS) is 11.9. The van der Waals surface area contributed by atoms with E-state index in [1.165, 1.54) is 5.56 Å². The van der Waals surface area contributed by atoms with Gasteiger partial charge >= 0.3 is 0 Å². The lowest BCUT2D eigenvalue weighted by atomic mass is 10.1. The van der Waals surface area contributed by atoms with Crippen LogP contribution in [-0.2, 0) is 9.84 Å². The van der Waals surface area contributed by atoms with Crippen molar-refractivity contribution in [2.45, 2.75) is 32.9 Å². The summed E-state index contributed by atoms with van der Waals surface area (Å²) in [5, 5.41) is 2.88. The minimum Gasteiger partial charge on any atom is -0.383 e. The minimum atomic E-state index is -2.98. The molecule has 0 aromatic heterocycles. The Morgan fingerprint density at radius 3 is 2.39 bits per heavy atom. The second kappa shape index (κ2) is 6.06. The van der Waals surface area contributed by atoms with Crippen LogP contribution in [0, 0.1) is 13.8 Å². The van der Waals surface area contributed by atoms with Crippen LogP contribution in [0.25, 0.3) is 0 Å². The number of rotatable bonds is 5. The highest BCUT2D eigenvalue weighted by Gasteiger charge is 2.15. The molecule has 0 spiro atoms. The van der Waals surface area contributed by atoms with Crippen LogP contribution in [-0.4, -0.2) is 26.0 Å². The fourth-order valence-electron chi connectivity index (χ4n) is 1.69. The molecule has 1 aromatic rings. The van der Waals surface area contributed by atoms with Crippen LogP contribution in [0.2, 0.25) is 0 Å². The van der Waals surface area contributed by atoms with Gasteiger partial charge < -0.3 is 5.32 Å². The Labute approximate surface area is 118 Å². The molecule has 0 atom stereocenters. The van der Waals surface area contributed by atoms with E-state index in [-0.39, 0.29) is 11.0 Å². The first kappa shape index (κ1) is 15.5. The van der Waals surface area contributed by atoms with Crippen LogP contribution in [0.4, 0.5) is 5.69 Å². The lowest BCUT2D eigenvalue weighted by Gasteiger charge is -2.14. The molecule has 0 saturated carbocycles. The van der Waals surface area contributed by atoms with Gasteiger partial charge in [0, 0.05) is 11.0 Å². The lowest BCUT2D eigenvalue weighted by Crippen LogP contribution is -2.23. The molecule has 0 heterocycles. The average Bonchev–Trinajstić information content (AvgIpc) is 2.21.